The van der Waals surface area contributed by atoms with E-state index >= 15 is 0 Å². The highest BCUT2D eigenvalue weighted by Gasteiger charge is 2.18. The van der Waals surface area contributed by atoms with E-state index in [0.29, 0.717) is 36.1 Å². The molecule has 0 saturated heterocycles. The topological polar surface area (TPSA) is 118 Å². The molecule has 4 aromatic rings. The van der Waals surface area contributed by atoms with Crippen molar-refractivity contribution in [2.45, 2.75) is 130 Å². The molecule has 0 bridgehead atoms. The Hall–Kier alpha value is -4.79. The van der Waals surface area contributed by atoms with Crippen molar-refractivity contribution in [1.82, 2.24) is 10.1 Å². The van der Waals surface area contributed by atoms with Crippen molar-refractivity contribution < 1.29 is 33.1 Å². The summed E-state index contributed by atoms with van der Waals surface area (Å²) in [6.07, 6.45) is 20.4. The van der Waals surface area contributed by atoms with Crippen LogP contribution < -0.4 is 0 Å². The van der Waals surface area contributed by atoms with Crippen LogP contribution in [-0.4, -0.2) is 47.9 Å². The Morgan fingerprint density at radius 3 is 1.45 bits per heavy atom. The second-order valence-corrected chi connectivity index (χ2v) is 14.8. The fraction of sp³-hybridized carbons (Fsp3) is 0.511. The first-order chi connectivity index (χ1) is 27.4. The molecule has 3 aromatic carbocycles. The zero-order valence-corrected chi connectivity index (χ0v) is 33.9. The predicted octanol–water partition coefficient (Wildman–Crippen LogP) is 12.2. The van der Waals surface area contributed by atoms with Crippen molar-refractivity contribution in [3.8, 4) is 34.0 Å². The van der Waals surface area contributed by atoms with Crippen molar-refractivity contribution in [2.24, 2.45) is 5.92 Å². The summed E-state index contributed by atoms with van der Waals surface area (Å²) >= 11 is 0. The normalized spacial score (nSPS) is 11.6. The Labute approximate surface area is 333 Å². The molecule has 0 aliphatic carbocycles. The van der Waals surface area contributed by atoms with Crippen molar-refractivity contribution >= 4 is 17.9 Å². The van der Waals surface area contributed by atoms with E-state index in [9.17, 15) is 14.4 Å². The van der Waals surface area contributed by atoms with Gasteiger partial charge in [0, 0.05) is 11.1 Å². The number of carbonyl (C=O) groups excluding carboxylic acids is 3. The first-order valence-electron chi connectivity index (χ1n) is 21.1. The van der Waals surface area contributed by atoms with Crippen molar-refractivity contribution in [3.63, 3.8) is 0 Å². The van der Waals surface area contributed by atoms with Crippen LogP contribution in [0.5, 0.6) is 0 Å². The van der Waals surface area contributed by atoms with Crippen LogP contribution in [-0.2, 0) is 19.0 Å². The molecule has 56 heavy (non-hydrogen) atoms. The SMILES string of the molecule is CCCCCCCCCCCCOC(=O)c1ccc(-c2noc(-c3ccc(-c4ccc(C(=O)OC[C@H](C)C(=O)OCCCCCCCCC)cc4)cc3)n2)cc1. The van der Waals surface area contributed by atoms with Crippen molar-refractivity contribution in [2.75, 3.05) is 19.8 Å². The molecule has 0 spiro atoms. The van der Waals surface area contributed by atoms with Gasteiger partial charge in [0.25, 0.3) is 5.89 Å². The summed E-state index contributed by atoms with van der Waals surface area (Å²) in [4.78, 5) is 42.1. The van der Waals surface area contributed by atoms with E-state index in [4.69, 9.17) is 18.7 Å². The largest absolute Gasteiger partial charge is 0.465 e. The molecule has 0 fully saturated rings. The minimum atomic E-state index is -0.531. The van der Waals surface area contributed by atoms with Gasteiger partial charge < -0.3 is 18.7 Å². The summed E-state index contributed by atoms with van der Waals surface area (Å²) in [6.45, 7) is 6.96. The van der Waals surface area contributed by atoms with Gasteiger partial charge in [-0.1, -0.05) is 152 Å². The molecule has 0 saturated carbocycles. The number of rotatable bonds is 27. The van der Waals surface area contributed by atoms with Gasteiger partial charge in [0.15, 0.2) is 0 Å². The summed E-state index contributed by atoms with van der Waals surface area (Å²) in [5.41, 5.74) is 4.25. The van der Waals surface area contributed by atoms with Gasteiger partial charge in [-0.15, -0.1) is 0 Å². The second kappa shape index (κ2) is 25.4. The van der Waals surface area contributed by atoms with Crippen LogP contribution >= 0.6 is 0 Å². The number of esters is 3. The fourth-order valence-corrected chi connectivity index (χ4v) is 6.38. The van der Waals surface area contributed by atoms with Gasteiger partial charge in [0.2, 0.25) is 5.82 Å². The average molecular weight is 767 g/mol. The monoisotopic (exact) mass is 766 g/mol. The minimum Gasteiger partial charge on any atom is -0.465 e. The lowest BCUT2D eigenvalue weighted by Crippen LogP contribution is -2.22. The standard InChI is InChI=1S/C47H62N2O7/c1-4-6-8-10-12-13-14-16-18-20-34-54-46(51)41-31-25-39(26-32-41)43-48-44(56-49-43)40-27-21-37(22-28-40)38-23-29-42(30-24-38)47(52)55-35-36(3)45(50)53-33-19-17-15-11-9-7-5-2/h21-32,36H,4-20,33-35H2,1-3H3/t36-/m0/s1. The Morgan fingerprint density at radius 2 is 0.929 bits per heavy atom. The van der Waals surface area contributed by atoms with E-state index in [-0.39, 0.29) is 18.5 Å². The highest BCUT2D eigenvalue weighted by molar-refractivity contribution is 5.90. The summed E-state index contributed by atoms with van der Waals surface area (Å²) in [7, 11) is 0. The first kappa shape index (κ1) is 43.9. The van der Waals surface area contributed by atoms with Gasteiger partial charge >= 0.3 is 17.9 Å². The zero-order chi connectivity index (χ0) is 39.8. The highest BCUT2D eigenvalue weighted by atomic mass is 16.6. The summed E-state index contributed by atoms with van der Waals surface area (Å²) < 4.78 is 21.8. The number of nitrogens with zero attached hydrogens (tertiary/aromatic N) is 2. The molecule has 1 aromatic heterocycles. The average Bonchev–Trinajstić information content (AvgIpc) is 3.73. The van der Waals surface area contributed by atoms with E-state index in [1.54, 1.807) is 43.3 Å². The molecular formula is C47H62N2O7. The van der Waals surface area contributed by atoms with Gasteiger partial charge in [-0.2, -0.15) is 4.98 Å². The quantitative estimate of drug-likeness (QED) is 0.0332. The smallest absolute Gasteiger partial charge is 0.338 e. The van der Waals surface area contributed by atoms with Crippen LogP contribution in [0.3, 0.4) is 0 Å². The molecule has 0 amide bonds. The maximum atomic E-state index is 12.7. The number of benzene rings is 3. The minimum absolute atomic E-state index is 0.0330. The third-order valence-corrected chi connectivity index (χ3v) is 9.98. The molecule has 1 heterocycles. The van der Waals surface area contributed by atoms with Gasteiger partial charge in [-0.25, -0.2) is 9.59 Å². The van der Waals surface area contributed by atoms with Crippen LogP contribution in [0.25, 0.3) is 34.0 Å². The number of carbonyl (C=O) groups is 3. The third kappa shape index (κ3) is 15.4. The predicted molar refractivity (Wildman–Crippen MR) is 221 cm³/mol. The molecular weight excluding hydrogens is 705 g/mol. The van der Waals surface area contributed by atoms with E-state index in [2.05, 4.69) is 24.0 Å². The Kier molecular flexibility index (Phi) is 19.9. The number of aromatic nitrogens is 2. The lowest BCUT2D eigenvalue weighted by Gasteiger charge is -2.12. The molecule has 9 nitrogen and oxygen atoms in total. The summed E-state index contributed by atoms with van der Waals surface area (Å²) in [6, 6.07) is 21.9. The molecule has 0 radical (unpaired) electrons. The molecule has 9 heteroatoms. The van der Waals surface area contributed by atoms with E-state index in [0.717, 1.165) is 54.4 Å². The number of ether oxygens (including phenoxy) is 3. The highest BCUT2D eigenvalue weighted by Crippen LogP contribution is 2.27. The molecule has 1 atom stereocenters. The van der Waals surface area contributed by atoms with Gasteiger partial charge in [-0.05, 0) is 67.3 Å². The van der Waals surface area contributed by atoms with E-state index < -0.39 is 11.9 Å². The Balaban J connectivity index is 1.16. The molecule has 302 valence electrons. The van der Waals surface area contributed by atoms with Crippen LogP contribution in [0.4, 0.5) is 0 Å². The lowest BCUT2D eigenvalue weighted by molar-refractivity contribution is -0.149. The van der Waals surface area contributed by atoms with Gasteiger partial charge in [0.1, 0.15) is 6.61 Å². The Morgan fingerprint density at radius 1 is 0.518 bits per heavy atom. The number of unbranched alkanes of at least 4 members (excludes halogenated alkanes) is 15. The van der Waals surface area contributed by atoms with E-state index in [1.165, 1.54) is 77.0 Å². The summed E-state index contributed by atoms with van der Waals surface area (Å²) in [5, 5.41) is 4.15. The van der Waals surface area contributed by atoms with Crippen LogP contribution in [0.15, 0.2) is 77.3 Å². The van der Waals surface area contributed by atoms with Gasteiger partial charge in [0.05, 0.1) is 30.3 Å². The van der Waals surface area contributed by atoms with Crippen molar-refractivity contribution in [3.05, 3.63) is 83.9 Å². The van der Waals surface area contributed by atoms with Crippen LogP contribution in [0.1, 0.15) is 151 Å². The summed E-state index contributed by atoms with van der Waals surface area (Å²) in [5.74, 6) is -0.890. The zero-order valence-electron chi connectivity index (χ0n) is 33.9. The fourth-order valence-electron chi connectivity index (χ4n) is 6.38. The van der Waals surface area contributed by atoms with Crippen LogP contribution in [0, 0.1) is 5.92 Å². The Bertz CT molecular complexity index is 1710. The number of hydrogen-bond donors (Lipinski definition) is 0. The molecule has 0 aliphatic heterocycles. The molecule has 4 rings (SSSR count). The molecule has 0 unspecified atom stereocenters. The maximum absolute atomic E-state index is 12.7. The third-order valence-electron chi connectivity index (χ3n) is 9.98. The first-order valence-corrected chi connectivity index (χ1v) is 21.1. The van der Waals surface area contributed by atoms with E-state index in [1.807, 2.05) is 36.4 Å². The van der Waals surface area contributed by atoms with Crippen LogP contribution in [0.2, 0.25) is 0 Å². The molecule has 0 aliphatic rings. The lowest BCUT2D eigenvalue weighted by atomic mass is 10.0. The van der Waals surface area contributed by atoms with Gasteiger partial charge in [-0.3, -0.25) is 4.79 Å². The second-order valence-electron chi connectivity index (χ2n) is 14.8. The van der Waals surface area contributed by atoms with Crippen molar-refractivity contribution in [1.29, 1.82) is 0 Å². The molecule has 0 N–H and O–H groups in total. The number of hydrogen-bond acceptors (Lipinski definition) is 9. The maximum Gasteiger partial charge on any atom is 0.338 e.